The fraction of sp³-hybridized carbons (Fsp3) is 1.00. The van der Waals surface area contributed by atoms with E-state index in [0.29, 0.717) is 0 Å². The molecule has 0 bridgehead atoms. The molecule has 0 saturated carbocycles. The van der Waals surface area contributed by atoms with Gasteiger partial charge in [0.05, 0.1) is 0 Å². The quantitative estimate of drug-likeness (QED) is 0.476. The van der Waals surface area contributed by atoms with E-state index in [1.807, 2.05) is 0 Å². The van der Waals surface area contributed by atoms with Gasteiger partial charge in [-0.15, -0.1) is 0 Å². The van der Waals surface area contributed by atoms with Crippen LogP contribution >= 0.6 is 0 Å². The predicted molar refractivity (Wildman–Crippen MR) is 96.6 cm³/mol. The molecule has 0 aliphatic heterocycles. The van der Waals surface area contributed by atoms with Crippen LogP contribution in [0.2, 0.25) is 39.3 Å². The topological polar surface area (TPSA) is 27.3 Å². The van der Waals surface area contributed by atoms with E-state index in [2.05, 4.69) is 61.2 Å². The fourth-order valence-corrected chi connectivity index (χ4v) is 3.59. The summed E-state index contributed by atoms with van der Waals surface area (Å²) in [6, 6.07) is 0. The molecular weight excluding hydrogens is 261 g/mol. The van der Waals surface area contributed by atoms with Crippen molar-refractivity contribution in [3.8, 4) is 0 Å². The molecule has 0 atom stereocenters. The van der Waals surface area contributed by atoms with Crippen LogP contribution in [0.15, 0.2) is 0 Å². The summed E-state index contributed by atoms with van der Waals surface area (Å²) in [5.74, 6) is 0. The standard InChI is InChI=1S/C13H35N3Si2.Li.H/c1-16(12-8-10-14-17(2,3)4)13-9-11-15-18(5,6)7;;/h14-15H,8-13H2,1-7H3;;. The fourth-order valence-electron chi connectivity index (χ4n) is 1.74. The van der Waals surface area contributed by atoms with E-state index >= 15 is 0 Å². The first-order valence-electron chi connectivity index (χ1n) is 7.29. The van der Waals surface area contributed by atoms with Crippen molar-refractivity contribution in [1.29, 1.82) is 0 Å². The summed E-state index contributed by atoms with van der Waals surface area (Å²) >= 11 is 0. The second kappa shape index (κ2) is 10.6. The van der Waals surface area contributed by atoms with E-state index in [-0.39, 0.29) is 18.9 Å². The number of rotatable bonds is 10. The van der Waals surface area contributed by atoms with Crippen molar-refractivity contribution in [2.24, 2.45) is 0 Å². The predicted octanol–water partition coefficient (Wildman–Crippen LogP) is 1.90. The number of nitrogens with zero attached hydrogens (tertiary/aromatic N) is 1. The molecule has 0 spiro atoms. The average Bonchev–Trinajstić information content (AvgIpc) is 2.17. The van der Waals surface area contributed by atoms with Crippen LogP contribution in [0.5, 0.6) is 0 Å². The minimum absolute atomic E-state index is 0. The van der Waals surface area contributed by atoms with Gasteiger partial charge in [0.25, 0.3) is 0 Å². The first-order valence-corrected chi connectivity index (χ1v) is 14.3. The summed E-state index contributed by atoms with van der Waals surface area (Å²) < 4.78 is 0. The zero-order chi connectivity index (χ0) is 14.2. The van der Waals surface area contributed by atoms with Crippen LogP contribution in [0.1, 0.15) is 12.8 Å². The molecule has 0 amide bonds. The van der Waals surface area contributed by atoms with Crippen molar-refractivity contribution in [3.63, 3.8) is 0 Å². The molecule has 19 heavy (non-hydrogen) atoms. The molecule has 0 aromatic carbocycles. The summed E-state index contributed by atoms with van der Waals surface area (Å²) in [5, 5.41) is 0. The monoisotopic (exact) mass is 297 g/mol. The maximum absolute atomic E-state index is 3.67. The van der Waals surface area contributed by atoms with Crippen molar-refractivity contribution in [3.05, 3.63) is 0 Å². The molecule has 0 heterocycles. The Labute approximate surface area is 135 Å². The van der Waals surface area contributed by atoms with Gasteiger partial charge in [-0.1, -0.05) is 39.3 Å². The number of nitrogens with one attached hydrogen (secondary N) is 2. The van der Waals surface area contributed by atoms with Gasteiger partial charge < -0.3 is 14.9 Å². The first-order chi connectivity index (χ1) is 8.10. The van der Waals surface area contributed by atoms with Gasteiger partial charge in [-0.25, -0.2) is 0 Å². The van der Waals surface area contributed by atoms with Crippen LogP contribution in [-0.4, -0.2) is 73.5 Å². The SMILES string of the molecule is CN(CCCN[Si](C)(C)C)CCCN[Si](C)(C)C.[LiH]. The molecule has 0 radical (unpaired) electrons. The third-order valence-corrected chi connectivity index (χ3v) is 5.37. The summed E-state index contributed by atoms with van der Waals surface area (Å²) in [6.07, 6.45) is 2.53. The number of hydrogen-bond donors (Lipinski definition) is 2. The van der Waals surface area contributed by atoms with Crippen LogP contribution in [-0.2, 0) is 0 Å². The van der Waals surface area contributed by atoms with Crippen LogP contribution < -0.4 is 9.96 Å². The van der Waals surface area contributed by atoms with Crippen molar-refractivity contribution in [2.75, 3.05) is 33.2 Å². The second-order valence-corrected chi connectivity index (χ2v) is 17.1. The van der Waals surface area contributed by atoms with Crippen molar-refractivity contribution in [1.82, 2.24) is 14.9 Å². The first kappa shape index (κ1) is 22.2. The summed E-state index contributed by atoms with van der Waals surface area (Å²) in [4.78, 5) is 9.80. The summed E-state index contributed by atoms with van der Waals surface area (Å²) in [5.41, 5.74) is 0. The third kappa shape index (κ3) is 18.9. The van der Waals surface area contributed by atoms with Gasteiger partial charge in [-0.3, -0.25) is 0 Å². The summed E-state index contributed by atoms with van der Waals surface area (Å²) in [6.45, 7) is 18.9. The van der Waals surface area contributed by atoms with Crippen molar-refractivity contribution >= 4 is 35.3 Å². The average molecular weight is 298 g/mol. The molecule has 112 valence electrons. The number of hydrogen-bond acceptors (Lipinski definition) is 3. The van der Waals surface area contributed by atoms with Crippen LogP contribution in [0, 0.1) is 0 Å². The normalized spacial score (nSPS) is 12.6. The summed E-state index contributed by atoms with van der Waals surface area (Å²) in [7, 11) is 0.128. The van der Waals surface area contributed by atoms with Crippen molar-refractivity contribution in [2.45, 2.75) is 52.1 Å². The van der Waals surface area contributed by atoms with Gasteiger partial charge in [0, 0.05) is 0 Å². The van der Waals surface area contributed by atoms with Crippen LogP contribution in [0.25, 0.3) is 0 Å². The van der Waals surface area contributed by atoms with E-state index in [1.165, 1.54) is 39.0 Å². The molecule has 0 aliphatic carbocycles. The van der Waals surface area contributed by atoms with Gasteiger partial charge in [0.1, 0.15) is 16.5 Å². The van der Waals surface area contributed by atoms with E-state index in [0.717, 1.165) is 0 Å². The molecule has 0 aliphatic rings. The third-order valence-electron chi connectivity index (χ3n) is 2.74. The molecule has 0 aromatic rings. The Morgan fingerprint density at radius 3 is 1.32 bits per heavy atom. The Morgan fingerprint density at radius 1 is 0.737 bits per heavy atom. The minimum atomic E-state index is -1.06. The van der Waals surface area contributed by atoms with Gasteiger partial charge in [0.15, 0.2) is 0 Å². The molecule has 0 fully saturated rings. The molecule has 0 unspecified atom stereocenters. The zero-order valence-corrected chi connectivity index (χ0v) is 15.7. The Kier molecular flexibility index (Phi) is 12.4. The van der Waals surface area contributed by atoms with Gasteiger partial charge in [0.2, 0.25) is 0 Å². The molecule has 6 heteroatoms. The van der Waals surface area contributed by atoms with Gasteiger partial charge in [-0.05, 0) is 46.1 Å². The molecule has 0 aromatic heterocycles. The molecule has 3 nitrogen and oxygen atoms in total. The van der Waals surface area contributed by atoms with E-state index in [4.69, 9.17) is 0 Å². The molecular formula is C13H36LiN3Si2. The van der Waals surface area contributed by atoms with E-state index in [9.17, 15) is 0 Å². The Balaban J connectivity index is 0. The zero-order valence-electron chi connectivity index (χ0n) is 13.7. The van der Waals surface area contributed by atoms with Crippen molar-refractivity contribution < 1.29 is 0 Å². The van der Waals surface area contributed by atoms with Gasteiger partial charge >= 0.3 is 18.9 Å². The Hall–Kier alpha value is 0.911. The van der Waals surface area contributed by atoms with Crippen LogP contribution in [0.3, 0.4) is 0 Å². The van der Waals surface area contributed by atoms with Crippen LogP contribution in [0.4, 0.5) is 0 Å². The van der Waals surface area contributed by atoms with Gasteiger partial charge in [-0.2, -0.15) is 0 Å². The maximum atomic E-state index is 3.67. The molecule has 0 rings (SSSR count). The second-order valence-electron chi connectivity index (χ2n) is 7.36. The van der Waals surface area contributed by atoms with E-state index < -0.39 is 16.5 Å². The molecule has 0 saturated heterocycles. The molecule has 2 N–H and O–H groups in total. The van der Waals surface area contributed by atoms with E-state index in [1.54, 1.807) is 0 Å². The Bertz CT molecular complexity index is 193. The Morgan fingerprint density at radius 2 is 1.05 bits per heavy atom.